The molecule has 2 aromatic heterocycles. The lowest BCUT2D eigenvalue weighted by Crippen LogP contribution is -2.33. The van der Waals surface area contributed by atoms with Crippen molar-refractivity contribution in [3.8, 4) is 5.75 Å². The van der Waals surface area contributed by atoms with E-state index < -0.39 is 23.5 Å². The van der Waals surface area contributed by atoms with Crippen LogP contribution in [0.15, 0.2) is 82.8 Å². The largest absolute Gasteiger partial charge is 0.503 e. The van der Waals surface area contributed by atoms with Gasteiger partial charge in [-0.25, -0.2) is 0 Å². The highest BCUT2D eigenvalue weighted by Gasteiger charge is 2.44. The molecule has 0 radical (unpaired) electrons. The second kappa shape index (κ2) is 8.76. The van der Waals surface area contributed by atoms with Crippen LogP contribution in [0.25, 0.3) is 10.9 Å². The first-order valence-corrected chi connectivity index (χ1v) is 11.1. The molecule has 2 aromatic carbocycles. The van der Waals surface area contributed by atoms with Crippen LogP contribution in [-0.4, -0.2) is 40.3 Å². The number of nitrogens with one attached hydrogen (secondary N) is 1. The van der Waals surface area contributed by atoms with Crippen molar-refractivity contribution in [2.75, 3.05) is 13.7 Å². The maximum atomic E-state index is 13.2. The standard InChI is InChI=1S/C26H21ClN2O5/c1-33-18-8-9-20-19(13-18)16(14-28-20)10-11-29-23(15-4-6-17(27)7-5-15)22(25(31)26(29)32)24(30)21-3-2-12-34-21/h2-9,12-14,23,28,31H,10-11H2,1H3. The Balaban J connectivity index is 1.50. The summed E-state index contributed by atoms with van der Waals surface area (Å²) in [5, 5.41) is 12.3. The Morgan fingerprint density at radius 2 is 2.00 bits per heavy atom. The van der Waals surface area contributed by atoms with Crippen LogP contribution in [0.3, 0.4) is 0 Å². The second-order valence-corrected chi connectivity index (χ2v) is 8.43. The van der Waals surface area contributed by atoms with Gasteiger partial charge in [-0.05, 0) is 60.0 Å². The summed E-state index contributed by atoms with van der Waals surface area (Å²) in [5.74, 6) is -0.918. The average Bonchev–Trinajstić information content (AvgIpc) is 3.58. The third-order valence-corrected chi connectivity index (χ3v) is 6.33. The van der Waals surface area contributed by atoms with Crippen molar-refractivity contribution in [3.63, 3.8) is 0 Å². The van der Waals surface area contributed by atoms with E-state index in [1.807, 2.05) is 24.4 Å². The van der Waals surface area contributed by atoms with Gasteiger partial charge in [-0.15, -0.1) is 0 Å². The minimum Gasteiger partial charge on any atom is -0.503 e. The van der Waals surface area contributed by atoms with Crippen LogP contribution in [-0.2, 0) is 11.2 Å². The van der Waals surface area contributed by atoms with Gasteiger partial charge >= 0.3 is 0 Å². The lowest BCUT2D eigenvalue weighted by Gasteiger charge is -2.26. The van der Waals surface area contributed by atoms with Crippen molar-refractivity contribution in [2.24, 2.45) is 0 Å². The molecule has 1 aliphatic heterocycles. The summed E-state index contributed by atoms with van der Waals surface area (Å²) in [7, 11) is 1.61. The number of aliphatic hydroxyl groups is 1. The molecule has 7 nitrogen and oxygen atoms in total. The monoisotopic (exact) mass is 476 g/mol. The van der Waals surface area contributed by atoms with Gasteiger partial charge in [0.05, 0.1) is 25.0 Å². The first-order valence-electron chi connectivity index (χ1n) is 10.7. The number of amides is 1. The third-order valence-electron chi connectivity index (χ3n) is 6.08. The fourth-order valence-electron chi connectivity index (χ4n) is 4.38. The van der Waals surface area contributed by atoms with E-state index in [1.165, 1.54) is 17.2 Å². The summed E-state index contributed by atoms with van der Waals surface area (Å²) >= 11 is 6.06. The number of aromatic nitrogens is 1. The van der Waals surface area contributed by atoms with Crippen LogP contribution < -0.4 is 4.74 Å². The Morgan fingerprint density at radius 3 is 2.71 bits per heavy atom. The quantitative estimate of drug-likeness (QED) is 0.355. The normalized spacial score (nSPS) is 16.0. The van der Waals surface area contributed by atoms with Crippen molar-refractivity contribution in [2.45, 2.75) is 12.5 Å². The number of hydrogen-bond donors (Lipinski definition) is 2. The number of Topliss-reactive ketones (excluding diaryl/α,β-unsaturated/α-hetero) is 1. The molecule has 8 heteroatoms. The number of hydrogen-bond acceptors (Lipinski definition) is 5. The Kier molecular flexibility index (Phi) is 5.63. The number of fused-ring (bicyclic) bond motifs is 1. The molecule has 0 spiro atoms. The van der Waals surface area contributed by atoms with Crippen LogP contribution in [0, 0.1) is 0 Å². The molecular weight excluding hydrogens is 456 g/mol. The van der Waals surface area contributed by atoms with Crippen LogP contribution in [0.4, 0.5) is 0 Å². The number of carbonyl (C=O) groups is 2. The van der Waals surface area contributed by atoms with Gasteiger partial charge in [0.2, 0.25) is 5.78 Å². The van der Waals surface area contributed by atoms with E-state index in [-0.39, 0.29) is 17.9 Å². The van der Waals surface area contributed by atoms with Crippen molar-refractivity contribution in [1.29, 1.82) is 0 Å². The SMILES string of the molecule is COc1ccc2[nH]cc(CCN3C(=O)C(O)=C(C(=O)c4ccco4)C3c3ccc(Cl)cc3)c2c1. The topological polar surface area (TPSA) is 95.8 Å². The summed E-state index contributed by atoms with van der Waals surface area (Å²) < 4.78 is 10.6. The summed E-state index contributed by atoms with van der Waals surface area (Å²) in [4.78, 5) is 31.1. The van der Waals surface area contributed by atoms with Crippen molar-refractivity contribution >= 4 is 34.2 Å². The van der Waals surface area contributed by atoms with Crippen LogP contribution >= 0.6 is 11.6 Å². The molecule has 1 aliphatic rings. The maximum absolute atomic E-state index is 13.2. The summed E-state index contributed by atoms with van der Waals surface area (Å²) in [6, 6.07) is 14.9. The van der Waals surface area contributed by atoms with E-state index in [2.05, 4.69) is 4.98 Å². The number of carbonyl (C=O) groups excluding carboxylic acids is 2. The Bertz CT molecular complexity index is 1400. The first-order chi connectivity index (χ1) is 16.5. The zero-order valence-electron chi connectivity index (χ0n) is 18.2. The zero-order valence-corrected chi connectivity index (χ0v) is 19.0. The summed E-state index contributed by atoms with van der Waals surface area (Å²) in [5.41, 5.74) is 2.59. The van der Waals surface area contributed by atoms with Crippen molar-refractivity contribution in [3.05, 3.63) is 100 Å². The fourth-order valence-corrected chi connectivity index (χ4v) is 4.51. The van der Waals surface area contributed by atoms with E-state index in [4.69, 9.17) is 20.8 Å². The molecule has 4 aromatic rings. The fraction of sp³-hybridized carbons (Fsp3) is 0.154. The number of ketones is 1. The molecule has 172 valence electrons. The van der Waals surface area contributed by atoms with E-state index in [0.717, 1.165) is 22.2 Å². The minimum atomic E-state index is -0.776. The molecule has 5 rings (SSSR count). The molecule has 0 saturated carbocycles. The number of ether oxygens (including phenoxy) is 1. The van der Waals surface area contributed by atoms with E-state index in [9.17, 15) is 14.7 Å². The van der Waals surface area contributed by atoms with E-state index >= 15 is 0 Å². The summed E-state index contributed by atoms with van der Waals surface area (Å²) in [6.45, 7) is 0.273. The van der Waals surface area contributed by atoms with Gasteiger partial charge in [0, 0.05) is 28.7 Å². The summed E-state index contributed by atoms with van der Waals surface area (Å²) in [6.07, 6.45) is 3.77. The Labute approximate surface area is 200 Å². The molecule has 1 unspecified atom stereocenters. The highest BCUT2D eigenvalue weighted by molar-refractivity contribution is 6.30. The Hall–Kier alpha value is -3.97. The third kappa shape index (κ3) is 3.74. The van der Waals surface area contributed by atoms with Gasteiger partial charge in [0.1, 0.15) is 5.75 Å². The molecular formula is C26H21ClN2O5. The predicted molar refractivity (Wildman–Crippen MR) is 127 cm³/mol. The maximum Gasteiger partial charge on any atom is 0.290 e. The van der Waals surface area contributed by atoms with Gasteiger partial charge in [0.15, 0.2) is 11.5 Å². The van der Waals surface area contributed by atoms with Gasteiger partial charge in [0.25, 0.3) is 5.91 Å². The average molecular weight is 477 g/mol. The van der Waals surface area contributed by atoms with Crippen molar-refractivity contribution < 1.29 is 23.8 Å². The number of methoxy groups -OCH3 is 1. The van der Waals surface area contributed by atoms with Crippen LogP contribution in [0.1, 0.15) is 27.7 Å². The zero-order chi connectivity index (χ0) is 23.8. The number of benzene rings is 2. The highest BCUT2D eigenvalue weighted by Crippen LogP contribution is 2.39. The van der Waals surface area contributed by atoms with E-state index in [1.54, 1.807) is 37.4 Å². The molecule has 3 heterocycles. The minimum absolute atomic E-state index is 0.0112. The molecule has 1 amide bonds. The lowest BCUT2D eigenvalue weighted by atomic mass is 9.95. The number of halogens is 1. The lowest BCUT2D eigenvalue weighted by molar-refractivity contribution is -0.129. The number of furan rings is 1. The molecule has 2 N–H and O–H groups in total. The van der Waals surface area contributed by atoms with Crippen LogP contribution in [0.5, 0.6) is 5.75 Å². The molecule has 0 aliphatic carbocycles. The second-order valence-electron chi connectivity index (χ2n) is 8.00. The van der Waals surface area contributed by atoms with Gasteiger partial charge < -0.3 is 24.1 Å². The molecule has 1 atom stereocenters. The van der Waals surface area contributed by atoms with E-state index in [0.29, 0.717) is 17.0 Å². The smallest absolute Gasteiger partial charge is 0.290 e. The van der Waals surface area contributed by atoms with Gasteiger partial charge in [-0.2, -0.15) is 0 Å². The molecule has 0 fully saturated rings. The molecule has 0 saturated heterocycles. The van der Waals surface area contributed by atoms with Gasteiger partial charge in [-0.1, -0.05) is 23.7 Å². The number of aromatic amines is 1. The molecule has 34 heavy (non-hydrogen) atoms. The number of nitrogens with zero attached hydrogens (tertiary/aromatic N) is 1. The van der Waals surface area contributed by atoms with Crippen molar-refractivity contribution in [1.82, 2.24) is 9.88 Å². The number of H-pyrrole nitrogens is 1. The Morgan fingerprint density at radius 1 is 1.21 bits per heavy atom. The van der Waals surface area contributed by atoms with Crippen LogP contribution in [0.2, 0.25) is 5.02 Å². The number of rotatable bonds is 7. The predicted octanol–water partition coefficient (Wildman–Crippen LogP) is 5.24. The van der Waals surface area contributed by atoms with Gasteiger partial charge in [-0.3, -0.25) is 9.59 Å². The first kappa shape index (κ1) is 21.9. The molecule has 0 bridgehead atoms. The number of aliphatic hydroxyl groups excluding tert-OH is 1. The highest BCUT2D eigenvalue weighted by atomic mass is 35.5.